The molecule has 0 fully saturated rings. The molecule has 2 aromatic carbocycles. The average molecular weight is 369 g/mol. The van der Waals surface area contributed by atoms with E-state index < -0.39 is 15.8 Å². The van der Waals surface area contributed by atoms with Crippen LogP contribution in [0, 0.1) is 17.1 Å². The van der Waals surface area contributed by atoms with Gasteiger partial charge in [0.15, 0.2) is 0 Å². The van der Waals surface area contributed by atoms with Crippen molar-refractivity contribution in [2.45, 2.75) is 11.4 Å². The predicted molar refractivity (Wildman–Crippen MR) is 96.3 cm³/mol. The Kier molecular flexibility index (Phi) is 4.89. The number of nitrogens with one attached hydrogen (secondary N) is 1. The average Bonchev–Trinajstić information content (AvgIpc) is 3.07. The van der Waals surface area contributed by atoms with Crippen LogP contribution in [0.15, 0.2) is 65.7 Å². The smallest absolute Gasteiger partial charge is 0.269 e. The van der Waals surface area contributed by atoms with E-state index in [1.807, 2.05) is 6.07 Å². The fourth-order valence-electron chi connectivity index (χ4n) is 2.75. The SMILES string of the molecule is CNCc1cc(-c2ccccc2F)n(S(=O)(=O)c2ccccc2C#N)c1. The summed E-state index contributed by atoms with van der Waals surface area (Å²) in [6, 6.07) is 15.5. The first-order valence-electron chi connectivity index (χ1n) is 7.84. The van der Waals surface area contributed by atoms with E-state index in [2.05, 4.69) is 5.32 Å². The molecule has 1 N–H and O–H groups in total. The predicted octanol–water partition coefficient (Wildman–Crippen LogP) is 3.12. The Bertz CT molecular complexity index is 1100. The third-order valence-corrected chi connectivity index (χ3v) is 5.65. The Morgan fingerprint density at radius 1 is 1.15 bits per heavy atom. The maximum absolute atomic E-state index is 14.3. The molecule has 1 heterocycles. The van der Waals surface area contributed by atoms with Crippen LogP contribution in [-0.2, 0) is 16.6 Å². The molecule has 0 radical (unpaired) electrons. The number of hydrogen-bond acceptors (Lipinski definition) is 4. The van der Waals surface area contributed by atoms with Gasteiger partial charge in [-0.15, -0.1) is 0 Å². The molecule has 132 valence electrons. The van der Waals surface area contributed by atoms with E-state index in [0.717, 1.165) is 3.97 Å². The molecule has 0 amide bonds. The number of benzene rings is 2. The Labute approximate surface area is 151 Å². The zero-order valence-corrected chi connectivity index (χ0v) is 14.8. The fourth-order valence-corrected chi connectivity index (χ4v) is 4.29. The van der Waals surface area contributed by atoms with Crippen molar-refractivity contribution in [2.24, 2.45) is 0 Å². The Hall–Kier alpha value is -2.95. The van der Waals surface area contributed by atoms with E-state index in [1.165, 1.54) is 30.5 Å². The second kappa shape index (κ2) is 7.12. The monoisotopic (exact) mass is 369 g/mol. The van der Waals surface area contributed by atoms with Crippen LogP contribution in [-0.4, -0.2) is 19.4 Å². The molecule has 7 heteroatoms. The highest BCUT2D eigenvalue weighted by Crippen LogP contribution is 2.29. The van der Waals surface area contributed by atoms with Crippen molar-refractivity contribution < 1.29 is 12.8 Å². The van der Waals surface area contributed by atoms with Gasteiger partial charge in [0.2, 0.25) is 0 Å². The van der Waals surface area contributed by atoms with Gasteiger partial charge in [-0.2, -0.15) is 5.26 Å². The first-order chi connectivity index (χ1) is 12.5. The summed E-state index contributed by atoms with van der Waals surface area (Å²) in [4.78, 5) is -0.119. The van der Waals surface area contributed by atoms with Crippen molar-refractivity contribution in [3.63, 3.8) is 0 Å². The summed E-state index contributed by atoms with van der Waals surface area (Å²) in [5.74, 6) is -0.522. The van der Waals surface area contributed by atoms with Crippen molar-refractivity contribution in [1.82, 2.24) is 9.29 Å². The fraction of sp³-hybridized carbons (Fsp3) is 0.105. The van der Waals surface area contributed by atoms with Gasteiger partial charge in [-0.1, -0.05) is 24.3 Å². The summed E-state index contributed by atoms with van der Waals surface area (Å²) in [5, 5.41) is 12.2. The molecule has 5 nitrogen and oxygen atoms in total. The number of rotatable bonds is 5. The van der Waals surface area contributed by atoms with Crippen LogP contribution in [0.4, 0.5) is 4.39 Å². The van der Waals surface area contributed by atoms with Crippen molar-refractivity contribution in [1.29, 1.82) is 5.26 Å². The summed E-state index contributed by atoms with van der Waals surface area (Å²) in [5.41, 5.74) is 1.11. The van der Waals surface area contributed by atoms with Gasteiger partial charge in [0.25, 0.3) is 10.0 Å². The molecule has 0 aliphatic rings. The van der Waals surface area contributed by atoms with E-state index in [1.54, 1.807) is 37.4 Å². The van der Waals surface area contributed by atoms with Gasteiger partial charge in [0, 0.05) is 18.3 Å². The van der Waals surface area contributed by atoms with Gasteiger partial charge in [-0.05, 0) is 42.9 Å². The maximum Gasteiger partial charge on any atom is 0.269 e. The summed E-state index contributed by atoms with van der Waals surface area (Å²) in [7, 11) is -2.34. The molecule has 0 unspecified atom stereocenters. The van der Waals surface area contributed by atoms with Crippen molar-refractivity contribution in [3.05, 3.63) is 77.7 Å². The van der Waals surface area contributed by atoms with Gasteiger partial charge in [0.1, 0.15) is 16.8 Å². The highest BCUT2D eigenvalue weighted by atomic mass is 32.2. The van der Waals surface area contributed by atoms with Crippen molar-refractivity contribution >= 4 is 10.0 Å². The number of halogens is 1. The lowest BCUT2D eigenvalue weighted by molar-refractivity contribution is 0.587. The molecule has 0 saturated carbocycles. The van der Waals surface area contributed by atoms with E-state index >= 15 is 0 Å². The van der Waals surface area contributed by atoms with Crippen LogP contribution >= 0.6 is 0 Å². The normalized spacial score (nSPS) is 11.3. The van der Waals surface area contributed by atoms with Crippen LogP contribution in [0.25, 0.3) is 11.3 Å². The third-order valence-electron chi connectivity index (χ3n) is 3.92. The summed E-state index contributed by atoms with van der Waals surface area (Å²) in [6.45, 7) is 0.421. The Morgan fingerprint density at radius 2 is 1.85 bits per heavy atom. The summed E-state index contributed by atoms with van der Waals surface area (Å²) in [6.07, 6.45) is 1.45. The number of nitrogens with zero attached hydrogens (tertiary/aromatic N) is 2. The first kappa shape index (κ1) is 17.9. The number of nitriles is 1. The lowest BCUT2D eigenvalue weighted by Crippen LogP contribution is -2.15. The van der Waals surface area contributed by atoms with E-state index in [-0.39, 0.29) is 21.7 Å². The standard InChI is InChI=1S/C19H16FN3O2S/c1-22-12-14-10-18(16-7-3-4-8-17(16)20)23(13-14)26(24,25)19-9-5-2-6-15(19)11-21/h2-10,13,22H,12H2,1H3. The molecule has 0 atom stereocenters. The lowest BCUT2D eigenvalue weighted by atomic mass is 10.1. The minimum atomic E-state index is -4.08. The van der Waals surface area contributed by atoms with Gasteiger partial charge in [-0.25, -0.2) is 16.8 Å². The Morgan fingerprint density at radius 3 is 2.54 bits per heavy atom. The molecular weight excluding hydrogens is 353 g/mol. The maximum atomic E-state index is 14.3. The van der Waals surface area contributed by atoms with Crippen LogP contribution in [0.5, 0.6) is 0 Å². The second-order valence-corrected chi connectivity index (χ2v) is 7.44. The zero-order chi connectivity index (χ0) is 18.7. The van der Waals surface area contributed by atoms with Crippen LogP contribution in [0.1, 0.15) is 11.1 Å². The third kappa shape index (κ3) is 3.12. The molecular formula is C19H16FN3O2S. The number of hydrogen-bond donors (Lipinski definition) is 1. The van der Waals surface area contributed by atoms with Gasteiger partial charge >= 0.3 is 0 Å². The lowest BCUT2D eigenvalue weighted by Gasteiger charge is -2.12. The van der Waals surface area contributed by atoms with E-state index in [4.69, 9.17) is 0 Å². The Balaban J connectivity index is 2.27. The molecule has 0 saturated heterocycles. The largest absolute Gasteiger partial charge is 0.316 e. The van der Waals surface area contributed by atoms with E-state index in [9.17, 15) is 18.1 Å². The molecule has 0 aliphatic heterocycles. The molecule has 3 aromatic rings. The first-order valence-corrected chi connectivity index (χ1v) is 9.28. The molecule has 1 aromatic heterocycles. The molecule has 0 aliphatic carbocycles. The highest BCUT2D eigenvalue weighted by molar-refractivity contribution is 7.90. The minimum Gasteiger partial charge on any atom is -0.316 e. The van der Waals surface area contributed by atoms with Crippen molar-refractivity contribution in [2.75, 3.05) is 7.05 Å². The van der Waals surface area contributed by atoms with Crippen LogP contribution in [0.3, 0.4) is 0 Å². The summed E-state index contributed by atoms with van der Waals surface area (Å²) < 4.78 is 41.8. The van der Waals surface area contributed by atoms with Gasteiger partial charge in [0.05, 0.1) is 11.3 Å². The molecule has 0 bridgehead atoms. The highest BCUT2D eigenvalue weighted by Gasteiger charge is 2.25. The minimum absolute atomic E-state index is 0.0378. The molecule has 26 heavy (non-hydrogen) atoms. The second-order valence-electron chi connectivity index (χ2n) is 5.65. The quantitative estimate of drug-likeness (QED) is 0.750. The van der Waals surface area contributed by atoms with Crippen molar-refractivity contribution in [3.8, 4) is 17.3 Å². The van der Waals surface area contributed by atoms with Crippen LogP contribution < -0.4 is 5.32 Å². The summed E-state index contributed by atoms with van der Waals surface area (Å²) >= 11 is 0. The zero-order valence-electron chi connectivity index (χ0n) is 14.0. The van der Waals surface area contributed by atoms with Gasteiger partial charge in [-0.3, -0.25) is 0 Å². The van der Waals surface area contributed by atoms with Gasteiger partial charge < -0.3 is 5.32 Å². The topological polar surface area (TPSA) is 74.9 Å². The molecule has 0 spiro atoms. The van der Waals surface area contributed by atoms with E-state index in [0.29, 0.717) is 12.1 Å². The van der Waals surface area contributed by atoms with Crippen LogP contribution in [0.2, 0.25) is 0 Å². The number of aromatic nitrogens is 1. The molecule has 3 rings (SSSR count).